The first-order chi connectivity index (χ1) is 8.57. The Bertz CT molecular complexity index is 413. The van der Waals surface area contributed by atoms with Crippen LogP contribution in [0.25, 0.3) is 0 Å². The number of nitrogens with one attached hydrogen (secondary N) is 2. The van der Waals surface area contributed by atoms with Gasteiger partial charge in [0.15, 0.2) is 0 Å². The highest BCUT2D eigenvalue weighted by Crippen LogP contribution is 2.36. The van der Waals surface area contributed by atoms with Crippen molar-refractivity contribution in [2.45, 2.75) is 24.5 Å². The molecule has 1 atom stereocenters. The molecule has 1 heterocycles. The van der Waals surface area contributed by atoms with Gasteiger partial charge in [-0.15, -0.1) is 0 Å². The van der Waals surface area contributed by atoms with E-state index in [1.807, 2.05) is 11.8 Å². The van der Waals surface area contributed by atoms with Crippen LogP contribution in [0, 0.1) is 0 Å². The number of hydrogen-bond donors (Lipinski definition) is 3. The van der Waals surface area contributed by atoms with Crippen molar-refractivity contribution < 1.29 is 4.79 Å². The zero-order chi connectivity index (χ0) is 13.0. The molecule has 0 bridgehead atoms. The first-order valence-electron chi connectivity index (χ1n) is 6.12. The highest BCUT2D eigenvalue weighted by atomic mass is 32.2. The van der Waals surface area contributed by atoms with Crippen LogP contribution in [-0.4, -0.2) is 23.1 Å². The molecule has 4 N–H and O–H groups in total. The molecule has 2 amide bonds. The van der Waals surface area contributed by atoms with Crippen LogP contribution in [-0.2, 0) is 0 Å². The van der Waals surface area contributed by atoms with Crippen LogP contribution in [0.4, 0.5) is 16.2 Å². The number of carbonyl (C=O) groups excluding carboxylic acids is 1. The highest BCUT2D eigenvalue weighted by molar-refractivity contribution is 8.00. The summed E-state index contributed by atoms with van der Waals surface area (Å²) in [6.07, 6.45) is 2.41. The quantitative estimate of drug-likeness (QED) is 0.736. The second kappa shape index (κ2) is 5.52. The number of amides is 2. The molecule has 5 heteroatoms. The molecule has 0 aliphatic carbocycles. The summed E-state index contributed by atoms with van der Waals surface area (Å²) in [6, 6.07) is 6.96. The molecule has 18 heavy (non-hydrogen) atoms. The van der Waals surface area contributed by atoms with Crippen molar-refractivity contribution in [3.8, 4) is 0 Å². The van der Waals surface area contributed by atoms with E-state index in [4.69, 9.17) is 5.73 Å². The Morgan fingerprint density at radius 3 is 2.78 bits per heavy atom. The SMILES string of the molecule is CC1(CNC(=O)Nc2ccc(N)cc2)CCCS1. The highest BCUT2D eigenvalue weighted by Gasteiger charge is 2.29. The third-order valence-electron chi connectivity index (χ3n) is 3.09. The normalized spacial score (nSPS) is 22.7. The molecule has 1 saturated heterocycles. The second-order valence-electron chi connectivity index (χ2n) is 4.83. The molecule has 1 aliphatic rings. The molecule has 1 aliphatic heterocycles. The number of nitrogens with two attached hydrogens (primary N) is 1. The summed E-state index contributed by atoms with van der Waals surface area (Å²) in [5, 5.41) is 5.72. The largest absolute Gasteiger partial charge is 0.399 e. The van der Waals surface area contributed by atoms with Gasteiger partial charge in [-0.1, -0.05) is 0 Å². The molecule has 0 saturated carbocycles. The van der Waals surface area contributed by atoms with Gasteiger partial charge in [0.25, 0.3) is 0 Å². The smallest absolute Gasteiger partial charge is 0.319 e. The Hall–Kier alpha value is -1.36. The maximum Gasteiger partial charge on any atom is 0.319 e. The van der Waals surface area contributed by atoms with Crippen LogP contribution < -0.4 is 16.4 Å². The fourth-order valence-corrected chi connectivity index (χ4v) is 3.23. The maximum atomic E-state index is 11.7. The first kappa shape index (κ1) is 13.1. The lowest BCUT2D eigenvalue weighted by molar-refractivity contribution is 0.251. The molecular weight excluding hydrogens is 246 g/mol. The molecule has 1 unspecified atom stereocenters. The van der Waals surface area contributed by atoms with Crippen molar-refractivity contribution in [1.82, 2.24) is 5.32 Å². The fraction of sp³-hybridized carbons (Fsp3) is 0.462. The Morgan fingerprint density at radius 1 is 1.44 bits per heavy atom. The standard InChI is InChI=1S/C13H19N3OS/c1-13(7-2-8-18-13)9-15-12(17)16-11-5-3-10(14)4-6-11/h3-6H,2,7-9,14H2,1H3,(H2,15,16,17). The van der Waals surface area contributed by atoms with E-state index in [0.29, 0.717) is 12.2 Å². The average molecular weight is 265 g/mol. The maximum absolute atomic E-state index is 11.7. The summed E-state index contributed by atoms with van der Waals surface area (Å²) in [4.78, 5) is 11.7. The van der Waals surface area contributed by atoms with Gasteiger partial charge in [-0.05, 0) is 49.8 Å². The minimum absolute atomic E-state index is 0.159. The van der Waals surface area contributed by atoms with Crippen LogP contribution in [0.15, 0.2) is 24.3 Å². The monoisotopic (exact) mass is 265 g/mol. The van der Waals surface area contributed by atoms with E-state index in [-0.39, 0.29) is 10.8 Å². The molecule has 98 valence electrons. The lowest BCUT2D eigenvalue weighted by Gasteiger charge is -2.22. The number of thioether (sulfide) groups is 1. The van der Waals surface area contributed by atoms with Gasteiger partial charge < -0.3 is 16.4 Å². The lowest BCUT2D eigenvalue weighted by atomic mass is 10.1. The van der Waals surface area contributed by atoms with Gasteiger partial charge >= 0.3 is 6.03 Å². The molecular formula is C13H19N3OS. The van der Waals surface area contributed by atoms with Gasteiger partial charge in [-0.2, -0.15) is 11.8 Å². The van der Waals surface area contributed by atoms with Gasteiger partial charge in [0.2, 0.25) is 0 Å². The van der Waals surface area contributed by atoms with E-state index in [1.165, 1.54) is 18.6 Å². The Balaban J connectivity index is 1.80. The molecule has 0 spiro atoms. The van der Waals surface area contributed by atoms with Crippen LogP contribution in [0.1, 0.15) is 19.8 Å². The van der Waals surface area contributed by atoms with E-state index in [9.17, 15) is 4.79 Å². The average Bonchev–Trinajstić information content (AvgIpc) is 2.78. The number of urea groups is 1. The Labute approximate surface area is 112 Å². The Morgan fingerprint density at radius 2 is 2.17 bits per heavy atom. The topological polar surface area (TPSA) is 67.2 Å². The number of hydrogen-bond acceptors (Lipinski definition) is 3. The van der Waals surface area contributed by atoms with E-state index in [1.54, 1.807) is 24.3 Å². The molecule has 1 fully saturated rings. The van der Waals surface area contributed by atoms with Crippen molar-refractivity contribution in [2.24, 2.45) is 0 Å². The van der Waals surface area contributed by atoms with Crippen molar-refractivity contribution in [1.29, 1.82) is 0 Å². The van der Waals surface area contributed by atoms with Crippen molar-refractivity contribution in [3.63, 3.8) is 0 Å². The summed E-state index contributed by atoms with van der Waals surface area (Å²) >= 11 is 1.94. The number of carbonyl (C=O) groups is 1. The van der Waals surface area contributed by atoms with Crippen molar-refractivity contribution in [2.75, 3.05) is 23.3 Å². The third kappa shape index (κ3) is 3.57. The molecule has 2 rings (SSSR count). The number of benzene rings is 1. The van der Waals surface area contributed by atoms with E-state index >= 15 is 0 Å². The lowest BCUT2D eigenvalue weighted by Crippen LogP contribution is -2.39. The van der Waals surface area contributed by atoms with Gasteiger partial charge in [-0.3, -0.25) is 0 Å². The fourth-order valence-electron chi connectivity index (χ4n) is 1.99. The van der Waals surface area contributed by atoms with Crippen LogP contribution >= 0.6 is 11.8 Å². The number of anilines is 2. The molecule has 4 nitrogen and oxygen atoms in total. The van der Waals surface area contributed by atoms with Crippen molar-refractivity contribution in [3.05, 3.63) is 24.3 Å². The number of nitrogen functional groups attached to an aromatic ring is 1. The predicted octanol–water partition coefficient (Wildman–Crippen LogP) is 2.68. The van der Waals surface area contributed by atoms with Gasteiger partial charge in [0, 0.05) is 22.7 Å². The minimum atomic E-state index is -0.159. The second-order valence-corrected chi connectivity index (χ2v) is 6.51. The zero-order valence-corrected chi connectivity index (χ0v) is 11.3. The van der Waals surface area contributed by atoms with Gasteiger partial charge in [0.1, 0.15) is 0 Å². The van der Waals surface area contributed by atoms with E-state index in [0.717, 1.165) is 5.69 Å². The number of rotatable bonds is 3. The van der Waals surface area contributed by atoms with Crippen LogP contribution in [0.5, 0.6) is 0 Å². The molecule has 1 aromatic rings. The molecule has 0 radical (unpaired) electrons. The summed E-state index contributed by atoms with van der Waals surface area (Å²) in [7, 11) is 0. The molecule has 1 aromatic carbocycles. The summed E-state index contributed by atoms with van der Waals surface area (Å²) < 4.78 is 0.193. The zero-order valence-electron chi connectivity index (χ0n) is 10.5. The van der Waals surface area contributed by atoms with Crippen molar-refractivity contribution >= 4 is 29.2 Å². The summed E-state index contributed by atoms with van der Waals surface area (Å²) in [6.45, 7) is 2.91. The van der Waals surface area contributed by atoms with E-state index in [2.05, 4.69) is 17.6 Å². The third-order valence-corrected chi connectivity index (χ3v) is 4.63. The molecule has 0 aromatic heterocycles. The van der Waals surface area contributed by atoms with Gasteiger partial charge in [-0.25, -0.2) is 4.79 Å². The van der Waals surface area contributed by atoms with Crippen LogP contribution in [0.2, 0.25) is 0 Å². The predicted molar refractivity (Wildman–Crippen MR) is 78.0 cm³/mol. The minimum Gasteiger partial charge on any atom is -0.399 e. The summed E-state index contributed by atoms with van der Waals surface area (Å²) in [5.41, 5.74) is 7.03. The summed E-state index contributed by atoms with van der Waals surface area (Å²) in [5.74, 6) is 1.19. The van der Waals surface area contributed by atoms with Crippen LogP contribution in [0.3, 0.4) is 0 Å². The van der Waals surface area contributed by atoms with Gasteiger partial charge in [0.05, 0.1) is 0 Å². The Kier molecular flexibility index (Phi) is 4.01. The first-order valence-corrected chi connectivity index (χ1v) is 7.10. The van der Waals surface area contributed by atoms with E-state index < -0.39 is 0 Å².